The van der Waals surface area contributed by atoms with E-state index >= 15 is 0 Å². The number of hydrogen-bond acceptors (Lipinski definition) is 19. The smallest absolute Gasteiger partial charge is 0.304 e. The molecule has 338 valence electrons. The molecule has 30 heteroatoms. The van der Waals surface area contributed by atoms with Crippen LogP contribution in [-0.2, 0) is 23.9 Å². The number of hydrogen-bond donors (Lipinski definition) is 8. The van der Waals surface area contributed by atoms with Gasteiger partial charge in [-0.2, -0.15) is 8.42 Å². The number of fused-ring (bicyclic) bond motifs is 1. The van der Waals surface area contributed by atoms with Gasteiger partial charge in [-0.15, -0.1) is 12.4 Å². The van der Waals surface area contributed by atoms with Crippen molar-refractivity contribution in [2.24, 2.45) is 21.1 Å². The van der Waals surface area contributed by atoms with Gasteiger partial charge in [0, 0.05) is 60.0 Å². The van der Waals surface area contributed by atoms with Crippen LogP contribution in [-0.4, -0.2) is 146 Å². The number of aliphatic hydroxyl groups excluding tert-OH is 1. The lowest BCUT2D eigenvalue weighted by Crippen LogP contribution is -2.12. The molecule has 0 aliphatic heterocycles. The minimum atomic E-state index is -3.23. The van der Waals surface area contributed by atoms with Crippen molar-refractivity contribution in [3.05, 3.63) is 53.6 Å². The number of aliphatic carboxylic acids is 1. The summed E-state index contributed by atoms with van der Waals surface area (Å²) in [5.74, 6) is -1.37. The maximum Gasteiger partial charge on any atom is 0.304 e. The third kappa shape index (κ3) is 47.1. The quantitative estimate of drug-likeness (QED) is 0.0151. The number of nitro benzene ring substituents is 1. The van der Waals surface area contributed by atoms with Crippen molar-refractivity contribution in [2.45, 2.75) is 38.5 Å². The molecule has 28 nitrogen and oxygen atoms in total. The number of carboxylic acid groups (broad SMARTS) is 1. The van der Waals surface area contributed by atoms with Crippen LogP contribution in [0.25, 0.3) is 42.4 Å². The SMILES string of the molecule is CNCCC(=O)O.CNCCCN=[N+]=[N-].CNCCCO.CNCCCOS(C)(=O)=O.Cl.[N-]=[N+]=NC(=O)CCNc1ccc([N+](=O)[O-])c2nonc12.[N-]=[N+]=NCCCN. The number of halogens is 1. The van der Waals surface area contributed by atoms with E-state index in [1.807, 2.05) is 14.1 Å². The number of azide groups is 3. The Labute approximate surface area is 348 Å². The van der Waals surface area contributed by atoms with Crippen LogP contribution in [0.5, 0.6) is 0 Å². The molecule has 0 bridgehead atoms. The molecule has 2 aromatic rings. The highest BCUT2D eigenvalue weighted by Crippen LogP contribution is 2.28. The maximum atomic E-state index is 11.0. The highest BCUT2D eigenvalue weighted by Gasteiger charge is 2.19. The van der Waals surface area contributed by atoms with E-state index in [-0.39, 0.29) is 55.1 Å². The standard InChI is InChI=1S/C9H7N7O4.C5H13NO3S.C4H10N4.C4H9NO2.C4H11NO.C3H8N4.ClH/c10-15-12-7(17)3-4-11-5-1-2-6(16(18)19)9-8(5)13-20-14-9;1-6-4-3-5-9-10(2,7)8;1-6-3-2-4-7-8-5;1-5-3-2-4(6)7;1-5-3-2-4-6;4-2-1-3-6-7-5;/h1-2,11H,3-4H2;6H,3-5H2,1-2H3;6H,2-4H2,1H3;5H,2-3H2,1H3,(H,6,7);5-6H,2-4H2,1H3;1-4H2;1H. The summed E-state index contributed by atoms with van der Waals surface area (Å²) in [6.45, 7) is 5.60. The minimum absolute atomic E-state index is 0. The number of carbonyl (C=O) groups excluding carboxylic acids is 1. The summed E-state index contributed by atoms with van der Waals surface area (Å²) in [7, 11) is 4.04. The minimum Gasteiger partial charge on any atom is -0.481 e. The zero-order valence-corrected chi connectivity index (χ0v) is 35.5. The number of carboxylic acids is 1. The second-order valence-corrected chi connectivity index (χ2v) is 12.2. The molecule has 0 spiro atoms. The van der Waals surface area contributed by atoms with Gasteiger partial charge in [-0.25, -0.2) is 4.63 Å². The first-order valence-corrected chi connectivity index (χ1v) is 19.2. The summed E-state index contributed by atoms with van der Waals surface area (Å²) in [6.07, 6.45) is 4.50. The Morgan fingerprint density at radius 1 is 0.881 bits per heavy atom. The number of nitrogens with one attached hydrogen (secondary N) is 5. The molecule has 0 atom stereocenters. The van der Waals surface area contributed by atoms with Gasteiger partial charge in [-0.1, -0.05) is 10.2 Å². The van der Waals surface area contributed by atoms with E-state index < -0.39 is 26.9 Å². The van der Waals surface area contributed by atoms with Crippen LogP contribution in [0.15, 0.2) is 32.1 Å². The number of nitro groups is 1. The molecule has 0 unspecified atom stereocenters. The number of aliphatic hydroxyl groups is 1. The molecule has 59 heavy (non-hydrogen) atoms. The fourth-order valence-corrected chi connectivity index (χ4v) is 3.49. The Morgan fingerprint density at radius 3 is 1.86 bits per heavy atom. The Kier molecular flexibility index (Phi) is 50.5. The summed E-state index contributed by atoms with van der Waals surface area (Å²) in [6, 6.07) is 2.69. The van der Waals surface area contributed by atoms with Gasteiger partial charge < -0.3 is 42.5 Å². The molecule has 2 rings (SSSR count). The highest BCUT2D eigenvalue weighted by atomic mass is 35.5. The number of nitrogens with two attached hydrogens (primary N) is 1. The fraction of sp³-hybridized carbons (Fsp3) is 0.724. The van der Waals surface area contributed by atoms with Crippen molar-refractivity contribution in [3.63, 3.8) is 0 Å². The average Bonchev–Trinajstić information content (AvgIpc) is 3.68. The van der Waals surface area contributed by atoms with Crippen molar-refractivity contribution in [2.75, 3.05) is 105 Å². The van der Waals surface area contributed by atoms with Crippen LogP contribution >= 0.6 is 12.4 Å². The van der Waals surface area contributed by atoms with Gasteiger partial charge >= 0.3 is 11.7 Å². The first kappa shape index (κ1) is 63.0. The lowest BCUT2D eigenvalue weighted by molar-refractivity contribution is -0.383. The summed E-state index contributed by atoms with van der Waals surface area (Å²) in [4.78, 5) is 38.4. The Morgan fingerprint density at radius 2 is 1.42 bits per heavy atom. The van der Waals surface area contributed by atoms with E-state index in [1.165, 1.54) is 12.1 Å². The van der Waals surface area contributed by atoms with Gasteiger partial charge in [-0.05, 0) is 118 Å². The number of anilines is 1. The van der Waals surface area contributed by atoms with E-state index in [9.17, 15) is 28.1 Å². The Hall–Kier alpha value is -5.15. The lowest BCUT2D eigenvalue weighted by Gasteiger charge is -2.04. The van der Waals surface area contributed by atoms with Crippen molar-refractivity contribution < 1.29 is 42.0 Å². The number of non-ortho nitro benzene ring substituents is 1. The van der Waals surface area contributed by atoms with Gasteiger partial charge in [0.05, 0.1) is 29.9 Å². The molecular formula is C29H59ClN18O10S. The lowest BCUT2D eigenvalue weighted by atomic mass is 10.2. The predicted molar refractivity (Wildman–Crippen MR) is 224 cm³/mol. The zero-order valence-electron chi connectivity index (χ0n) is 33.9. The number of benzene rings is 1. The van der Waals surface area contributed by atoms with Crippen LogP contribution in [0.4, 0.5) is 11.4 Å². The molecule has 0 saturated heterocycles. The summed E-state index contributed by atoms with van der Waals surface area (Å²) in [5.41, 5.74) is 29.1. The van der Waals surface area contributed by atoms with Crippen LogP contribution < -0.4 is 32.3 Å². The van der Waals surface area contributed by atoms with Gasteiger partial charge in [0.2, 0.25) is 11.4 Å². The average molecular weight is 887 g/mol. The second kappa shape index (κ2) is 47.2. The van der Waals surface area contributed by atoms with Crippen LogP contribution in [0, 0.1) is 10.1 Å². The van der Waals surface area contributed by atoms with Gasteiger partial charge in [0.25, 0.3) is 10.1 Å². The van der Waals surface area contributed by atoms with Crippen LogP contribution in [0.3, 0.4) is 0 Å². The maximum absolute atomic E-state index is 11.0. The normalized spacial score (nSPS) is 9.34. The van der Waals surface area contributed by atoms with Crippen LogP contribution in [0.1, 0.15) is 38.5 Å². The molecule has 0 aliphatic rings. The van der Waals surface area contributed by atoms with E-state index in [0.29, 0.717) is 44.9 Å². The molecule has 0 radical (unpaired) electrons. The third-order valence-electron chi connectivity index (χ3n) is 5.72. The molecule has 0 fully saturated rings. The number of amides is 1. The van der Waals surface area contributed by atoms with Gasteiger partial charge in [0.15, 0.2) is 5.52 Å². The Balaban J connectivity index is -0.000000213. The first-order valence-electron chi connectivity index (χ1n) is 17.4. The van der Waals surface area contributed by atoms with Crippen molar-refractivity contribution >= 4 is 56.8 Å². The summed E-state index contributed by atoms with van der Waals surface area (Å²) >= 11 is 0. The van der Waals surface area contributed by atoms with Gasteiger partial charge in [-0.3, -0.25) is 23.9 Å². The van der Waals surface area contributed by atoms with E-state index in [0.717, 1.165) is 45.2 Å². The van der Waals surface area contributed by atoms with Gasteiger partial charge in [0.1, 0.15) is 0 Å². The molecule has 0 saturated carbocycles. The number of carbonyl (C=O) groups is 2. The van der Waals surface area contributed by atoms with Crippen molar-refractivity contribution in [3.8, 4) is 0 Å². The molecule has 1 amide bonds. The predicted octanol–water partition coefficient (Wildman–Crippen LogP) is 2.58. The van der Waals surface area contributed by atoms with Crippen molar-refractivity contribution in [1.29, 1.82) is 0 Å². The zero-order chi connectivity index (χ0) is 44.9. The molecule has 1 aromatic heterocycles. The molecular weight excluding hydrogens is 828 g/mol. The van der Waals surface area contributed by atoms with Crippen LogP contribution in [0.2, 0.25) is 0 Å². The molecule has 1 aromatic carbocycles. The monoisotopic (exact) mass is 886 g/mol. The Bertz CT molecular complexity index is 1610. The highest BCUT2D eigenvalue weighted by molar-refractivity contribution is 7.85. The van der Waals surface area contributed by atoms with E-state index in [4.69, 9.17) is 32.5 Å². The third-order valence-corrected chi connectivity index (χ3v) is 6.31. The largest absolute Gasteiger partial charge is 0.481 e. The number of nitrogens with zero attached hydrogens (tertiary/aromatic N) is 12. The molecule has 9 N–H and O–H groups in total. The van der Waals surface area contributed by atoms with Crippen molar-refractivity contribution in [1.82, 2.24) is 31.6 Å². The number of aromatic nitrogens is 2. The summed E-state index contributed by atoms with van der Waals surface area (Å²) < 4.78 is 29.7. The van der Waals surface area contributed by atoms with E-state index in [2.05, 4.69) is 75.8 Å². The molecule has 1 heterocycles. The van der Waals surface area contributed by atoms with E-state index in [1.54, 1.807) is 14.1 Å². The summed E-state index contributed by atoms with van der Waals surface area (Å²) in [5, 5.41) is 57.8. The topological polar surface area (TPSA) is 432 Å². The number of rotatable bonds is 23. The molecule has 0 aliphatic carbocycles. The second-order valence-electron chi connectivity index (χ2n) is 10.5. The fourth-order valence-electron chi connectivity index (χ4n) is 3.07. The first-order chi connectivity index (χ1) is 27.7.